The summed E-state index contributed by atoms with van der Waals surface area (Å²) in [5.41, 5.74) is 3.29. The molecule has 3 N–H and O–H groups in total. The number of phenolic OH excluding ortho intramolecular Hbond substituents is 1. The molecule has 8 nitrogen and oxygen atoms in total. The number of carbonyl (C=O) groups excluding carboxylic acids is 1. The Morgan fingerprint density at radius 2 is 2.13 bits per heavy atom. The van der Waals surface area contributed by atoms with Crippen LogP contribution in [-0.4, -0.2) is 50.6 Å². The summed E-state index contributed by atoms with van der Waals surface area (Å²) in [6.07, 6.45) is 3.45. The maximum Gasteiger partial charge on any atom is 0.279 e. The monoisotopic (exact) mass is 340 g/mol. The molecule has 0 fully saturated rings. The van der Waals surface area contributed by atoms with Gasteiger partial charge in [-0.1, -0.05) is 18.2 Å². The van der Waals surface area contributed by atoms with Gasteiger partial charge >= 0.3 is 0 Å². The number of nitrogens with one attached hydrogen (secondary N) is 2. The van der Waals surface area contributed by atoms with E-state index in [-0.39, 0.29) is 5.75 Å². The van der Waals surface area contributed by atoms with Crippen LogP contribution in [-0.2, 0) is 21.4 Å². The van der Waals surface area contributed by atoms with Crippen molar-refractivity contribution >= 4 is 22.3 Å². The van der Waals surface area contributed by atoms with Gasteiger partial charge in [0, 0.05) is 19.7 Å². The van der Waals surface area contributed by atoms with Crippen LogP contribution < -0.4 is 10.1 Å². The summed E-state index contributed by atoms with van der Waals surface area (Å²) >= 11 is 0. The fourth-order valence-electron chi connectivity index (χ4n) is 1.53. The van der Waals surface area contributed by atoms with Crippen LogP contribution in [0.3, 0.4) is 0 Å². The number of carbonyl (C=O) groups is 1. The molecule has 23 heavy (non-hydrogen) atoms. The Hall–Kier alpha value is -2.23. The van der Waals surface area contributed by atoms with Crippen LogP contribution in [0.4, 0.5) is 0 Å². The minimum absolute atomic E-state index is 0.0544. The zero-order valence-corrected chi connectivity index (χ0v) is 13.8. The number of aromatic hydroxyl groups is 1. The van der Waals surface area contributed by atoms with Crippen LogP contribution >= 0.6 is 0 Å². The molecule has 0 atom stereocenters. The van der Waals surface area contributed by atoms with E-state index in [0.717, 1.165) is 4.31 Å². The van der Waals surface area contributed by atoms with Crippen molar-refractivity contribution in [2.75, 3.05) is 20.6 Å². The summed E-state index contributed by atoms with van der Waals surface area (Å²) in [6.45, 7) is 3.16. The van der Waals surface area contributed by atoms with Gasteiger partial charge in [-0.2, -0.15) is 22.5 Å². The maximum atomic E-state index is 11.5. The van der Waals surface area contributed by atoms with Gasteiger partial charge in [-0.3, -0.25) is 4.79 Å². The van der Waals surface area contributed by atoms with E-state index in [1.165, 1.54) is 20.3 Å². The Kier molecular flexibility index (Phi) is 6.89. The number of hydrazone groups is 1. The minimum atomic E-state index is -3.67. The highest BCUT2D eigenvalue weighted by atomic mass is 32.2. The number of para-hydroxylation sites is 1. The van der Waals surface area contributed by atoms with Crippen molar-refractivity contribution < 1.29 is 18.3 Å². The highest BCUT2D eigenvalue weighted by Gasteiger charge is 2.14. The molecular formula is C14H20N4O4S. The van der Waals surface area contributed by atoms with Crippen molar-refractivity contribution in [2.45, 2.75) is 6.42 Å². The first-order chi connectivity index (χ1) is 10.8. The van der Waals surface area contributed by atoms with Gasteiger partial charge in [0.05, 0.1) is 12.8 Å². The van der Waals surface area contributed by atoms with Crippen LogP contribution in [0.2, 0.25) is 0 Å². The molecule has 0 radical (unpaired) electrons. The fourth-order valence-corrected chi connectivity index (χ4v) is 2.11. The van der Waals surface area contributed by atoms with Gasteiger partial charge in [0.2, 0.25) is 0 Å². The third kappa shape index (κ3) is 5.81. The molecule has 0 aliphatic carbocycles. The summed E-state index contributed by atoms with van der Waals surface area (Å²) in [6, 6.07) is 5.13. The normalized spacial score (nSPS) is 11.8. The SMILES string of the molecule is C=CCc1cccc(C=NNC(=O)CNS(=O)(=O)N(C)C)c1O. The van der Waals surface area contributed by atoms with Gasteiger partial charge in [-0.25, -0.2) is 5.43 Å². The molecule has 1 aromatic rings. The molecular weight excluding hydrogens is 320 g/mol. The van der Waals surface area contributed by atoms with Gasteiger partial charge in [0.25, 0.3) is 16.1 Å². The molecule has 0 saturated heterocycles. The molecule has 126 valence electrons. The van der Waals surface area contributed by atoms with Crippen molar-refractivity contribution in [3.63, 3.8) is 0 Å². The molecule has 1 rings (SSSR count). The van der Waals surface area contributed by atoms with E-state index in [4.69, 9.17) is 0 Å². The maximum absolute atomic E-state index is 11.5. The Morgan fingerprint density at radius 1 is 1.43 bits per heavy atom. The summed E-state index contributed by atoms with van der Waals surface area (Å²) in [7, 11) is -0.979. The number of phenols is 1. The third-order valence-electron chi connectivity index (χ3n) is 2.80. The second kappa shape index (κ2) is 8.42. The summed E-state index contributed by atoms with van der Waals surface area (Å²) in [5, 5.41) is 13.7. The molecule has 0 heterocycles. The third-order valence-corrected chi connectivity index (χ3v) is 4.27. The molecule has 0 aliphatic rings. The molecule has 9 heteroatoms. The van der Waals surface area contributed by atoms with E-state index in [2.05, 4.69) is 21.8 Å². The first kappa shape index (κ1) is 18.8. The van der Waals surface area contributed by atoms with Gasteiger partial charge in [0.1, 0.15) is 5.75 Å². The smallest absolute Gasteiger partial charge is 0.279 e. The molecule has 0 unspecified atom stereocenters. The summed E-state index contributed by atoms with van der Waals surface area (Å²) < 4.78 is 25.9. The summed E-state index contributed by atoms with van der Waals surface area (Å²) in [4.78, 5) is 11.5. The lowest BCUT2D eigenvalue weighted by Crippen LogP contribution is -2.41. The molecule has 0 saturated carbocycles. The van der Waals surface area contributed by atoms with Crippen molar-refractivity contribution in [2.24, 2.45) is 5.10 Å². The van der Waals surface area contributed by atoms with Crippen LogP contribution in [0.1, 0.15) is 11.1 Å². The Bertz CT molecular complexity index is 699. The van der Waals surface area contributed by atoms with Crippen LogP contribution in [0.5, 0.6) is 5.75 Å². The molecule has 0 aliphatic heterocycles. The zero-order chi connectivity index (χ0) is 17.5. The highest BCUT2D eigenvalue weighted by Crippen LogP contribution is 2.21. The average Bonchev–Trinajstić information content (AvgIpc) is 2.49. The molecule has 1 amide bonds. The van der Waals surface area contributed by atoms with Crippen molar-refractivity contribution in [1.29, 1.82) is 0 Å². The van der Waals surface area contributed by atoms with E-state index in [0.29, 0.717) is 17.5 Å². The predicted molar refractivity (Wildman–Crippen MR) is 88.4 cm³/mol. The second-order valence-corrected chi connectivity index (χ2v) is 6.72. The number of allylic oxidation sites excluding steroid dienone is 1. The van der Waals surface area contributed by atoms with Gasteiger partial charge in [0.15, 0.2) is 0 Å². The van der Waals surface area contributed by atoms with E-state index in [1.54, 1.807) is 24.3 Å². The number of amides is 1. The molecule has 1 aromatic carbocycles. The zero-order valence-electron chi connectivity index (χ0n) is 13.0. The first-order valence-corrected chi connectivity index (χ1v) is 8.12. The van der Waals surface area contributed by atoms with E-state index in [9.17, 15) is 18.3 Å². The van der Waals surface area contributed by atoms with Crippen LogP contribution in [0, 0.1) is 0 Å². The topological polar surface area (TPSA) is 111 Å². The second-order valence-electron chi connectivity index (χ2n) is 4.75. The van der Waals surface area contributed by atoms with Gasteiger partial charge in [-0.15, -0.1) is 6.58 Å². The van der Waals surface area contributed by atoms with Crippen molar-refractivity contribution in [3.05, 3.63) is 42.0 Å². The van der Waals surface area contributed by atoms with Crippen molar-refractivity contribution in [3.8, 4) is 5.75 Å². The Morgan fingerprint density at radius 3 is 2.74 bits per heavy atom. The molecule has 0 aromatic heterocycles. The number of hydrogen-bond acceptors (Lipinski definition) is 5. The predicted octanol–water partition coefficient (Wildman–Crippen LogP) is -0.0332. The quantitative estimate of drug-likeness (QED) is 0.350. The highest BCUT2D eigenvalue weighted by molar-refractivity contribution is 7.87. The van der Waals surface area contributed by atoms with Crippen molar-refractivity contribution in [1.82, 2.24) is 14.5 Å². The van der Waals surface area contributed by atoms with E-state index < -0.39 is 22.7 Å². The standard InChI is InChI=1S/C14H20N4O4S/c1-4-6-11-7-5-8-12(14(11)20)9-15-17-13(19)10-16-23(21,22)18(2)3/h4-5,7-9,16,20H,1,6,10H2,2-3H3,(H,17,19). The molecule has 0 spiro atoms. The minimum Gasteiger partial charge on any atom is -0.507 e. The summed E-state index contributed by atoms with van der Waals surface area (Å²) in [5.74, 6) is -0.577. The lowest BCUT2D eigenvalue weighted by Gasteiger charge is -2.11. The van der Waals surface area contributed by atoms with Crippen LogP contribution in [0.25, 0.3) is 0 Å². The molecule has 0 bridgehead atoms. The fraction of sp³-hybridized carbons (Fsp3) is 0.286. The Balaban J connectivity index is 2.61. The number of nitrogens with zero attached hydrogens (tertiary/aromatic N) is 2. The Labute approximate surface area is 135 Å². The van der Waals surface area contributed by atoms with Crippen LogP contribution in [0.15, 0.2) is 36.0 Å². The van der Waals surface area contributed by atoms with Gasteiger partial charge in [-0.05, 0) is 18.1 Å². The number of rotatable bonds is 8. The lowest BCUT2D eigenvalue weighted by molar-refractivity contribution is -0.119. The average molecular weight is 340 g/mol. The lowest BCUT2D eigenvalue weighted by atomic mass is 10.1. The van der Waals surface area contributed by atoms with Gasteiger partial charge < -0.3 is 5.11 Å². The van der Waals surface area contributed by atoms with E-state index in [1.807, 2.05) is 0 Å². The number of hydrogen-bond donors (Lipinski definition) is 3. The van der Waals surface area contributed by atoms with E-state index >= 15 is 0 Å². The number of benzene rings is 1. The first-order valence-electron chi connectivity index (χ1n) is 6.68. The largest absolute Gasteiger partial charge is 0.507 e.